The van der Waals surface area contributed by atoms with Gasteiger partial charge in [-0.15, -0.1) is 0 Å². The fraction of sp³-hybridized carbons (Fsp3) is 0.368. The molecule has 0 aliphatic heterocycles. The van der Waals surface area contributed by atoms with Gasteiger partial charge in [0.25, 0.3) is 0 Å². The summed E-state index contributed by atoms with van der Waals surface area (Å²) in [5.41, 5.74) is -0.985. The zero-order chi connectivity index (χ0) is 16.3. The SMILES string of the molecule is COc1ccc2ccc(OC(=O)C3(C#N)CCCCC3)cc2c1. The van der Waals surface area contributed by atoms with Gasteiger partial charge in [-0.3, -0.25) is 0 Å². The fourth-order valence-corrected chi connectivity index (χ4v) is 3.11. The van der Waals surface area contributed by atoms with Crippen molar-refractivity contribution in [3.63, 3.8) is 0 Å². The van der Waals surface area contributed by atoms with E-state index in [1.54, 1.807) is 13.2 Å². The van der Waals surface area contributed by atoms with Crippen LogP contribution in [-0.4, -0.2) is 13.1 Å². The summed E-state index contributed by atoms with van der Waals surface area (Å²) >= 11 is 0. The van der Waals surface area contributed by atoms with E-state index in [0.717, 1.165) is 35.8 Å². The summed E-state index contributed by atoms with van der Waals surface area (Å²) < 4.78 is 10.7. The maximum atomic E-state index is 12.5. The molecule has 1 aliphatic rings. The smallest absolute Gasteiger partial charge is 0.331 e. The number of benzene rings is 2. The summed E-state index contributed by atoms with van der Waals surface area (Å²) in [6, 6.07) is 13.4. The molecule has 0 aromatic heterocycles. The Morgan fingerprint density at radius 1 is 1.04 bits per heavy atom. The van der Waals surface area contributed by atoms with E-state index in [0.29, 0.717) is 18.6 Å². The van der Waals surface area contributed by atoms with Gasteiger partial charge in [0.05, 0.1) is 13.2 Å². The van der Waals surface area contributed by atoms with Crippen LogP contribution >= 0.6 is 0 Å². The number of hydrogen-bond acceptors (Lipinski definition) is 4. The van der Waals surface area contributed by atoms with E-state index in [1.807, 2.05) is 30.3 Å². The van der Waals surface area contributed by atoms with Crippen molar-refractivity contribution < 1.29 is 14.3 Å². The lowest BCUT2D eigenvalue weighted by Crippen LogP contribution is -2.35. The first kappa shape index (κ1) is 15.4. The Kier molecular flexibility index (Phi) is 4.20. The van der Waals surface area contributed by atoms with Gasteiger partial charge < -0.3 is 9.47 Å². The Morgan fingerprint density at radius 2 is 1.70 bits per heavy atom. The number of carbonyl (C=O) groups excluding carboxylic acids is 1. The number of nitrogens with zero attached hydrogens (tertiary/aromatic N) is 1. The van der Waals surface area contributed by atoms with Crippen LogP contribution in [-0.2, 0) is 4.79 Å². The molecule has 4 nitrogen and oxygen atoms in total. The highest BCUT2D eigenvalue weighted by Gasteiger charge is 2.41. The maximum Gasteiger partial charge on any atom is 0.331 e. The Balaban J connectivity index is 1.85. The molecule has 0 atom stereocenters. The number of rotatable bonds is 3. The van der Waals surface area contributed by atoms with Crippen LogP contribution < -0.4 is 9.47 Å². The molecule has 2 aromatic rings. The minimum absolute atomic E-state index is 0.429. The topological polar surface area (TPSA) is 59.3 Å². The second-order valence-corrected chi connectivity index (χ2v) is 6.02. The first-order valence-corrected chi connectivity index (χ1v) is 7.88. The average Bonchev–Trinajstić information content (AvgIpc) is 2.61. The summed E-state index contributed by atoms with van der Waals surface area (Å²) in [5.74, 6) is 0.791. The number of hydrogen-bond donors (Lipinski definition) is 0. The number of ether oxygens (including phenoxy) is 2. The highest BCUT2D eigenvalue weighted by Crippen LogP contribution is 2.37. The van der Waals surface area contributed by atoms with Crippen molar-refractivity contribution in [1.29, 1.82) is 5.26 Å². The molecule has 118 valence electrons. The highest BCUT2D eigenvalue weighted by atomic mass is 16.5. The minimum Gasteiger partial charge on any atom is -0.497 e. The van der Waals surface area contributed by atoms with E-state index >= 15 is 0 Å². The van der Waals surface area contributed by atoms with Gasteiger partial charge in [0.15, 0.2) is 5.41 Å². The van der Waals surface area contributed by atoms with Crippen LogP contribution in [0.1, 0.15) is 32.1 Å². The molecule has 0 N–H and O–H groups in total. The quantitative estimate of drug-likeness (QED) is 0.629. The van der Waals surface area contributed by atoms with Gasteiger partial charge in [0, 0.05) is 0 Å². The standard InChI is InChI=1S/C19H19NO3/c1-22-16-7-5-14-6-8-17(12-15(14)11-16)23-18(21)19(13-20)9-3-2-4-10-19/h5-8,11-12H,2-4,9-10H2,1H3. The number of methoxy groups -OCH3 is 1. The molecular weight excluding hydrogens is 290 g/mol. The lowest BCUT2D eigenvalue weighted by Gasteiger charge is -2.28. The van der Waals surface area contributed by atoms with Gasteiger partial charge in [-0.1, -0.05) is 31.4 Å². The van der Waals surface area contributed by atoms with Crippen molar-refractivity contribution in [2.45, 2.75) is 32.1 Å². The van der Waals surface area contributed by atoms with Crippen LogP contribution in [0.4, 0.5) is 0 Å². The van der Waals surface area contributed by atoms with E-state index in [1.165, 1.54) is 0 Å². The molecule has 4 heteroatoms. The normalized spacial score (nSPS) is 16.5. The summed E-state index contributed by atoms with van der Waals surface area (Å²) in [6.07, 6.45) is 4.05. The monoisotopic (exact) mass is 309 g/mol. The number of nitriles is 1. The predicted molar refractivity (Wildman–Crippen MR) is 87.3 cm³/mol. The van der Waals surface area contributed by atoms with Crippen LogP contribution in [0.25, 0.3) is 10.8 Å². The third-order valence-electron chi connectivity index (χ3n) is 4.54. The Morgan fingerprint density at radius 3 is 2.35 bits per heavy atom. The van der Waals surface area contributed by atoms with E-state index < -0.39 is 11.4 Å². The number of carbonyl (C=O) groups is 1. The second kappa shape index (κ2) is 6.29. The van der Waals surface area contributed by atoms with Crippen molar-refractivity contribution in [2.24, 2.45) is 5.41 Å². The van der Waals surface area contributed by atoms with Crippen LogP contribution in [0.5, 0.6) is 11.5 Å². The van der Waals surface area contributed by atoms with Gasteiger partial charge in [-0.05, 0) is 47.9 Å². The molecule has 0 bridgehead atoms. The molecule has 0 saturated heterocycles. The lowest BCUT2D eigenvalue weighted by atomic mass is 9.75. The van der Waals surface area contributed by atoms with Crippen LogP contribution in [0.3, 0.4) is 0 Å². The van der Waals surface area contributed by atoms with Crippen molar-refractivity contribution in [1.82, 2.24) is 0 Å². The molecule has 1 saturated carbocycles. The van der Waals surface area contributed by atoms with Crippen molar-refractivity contribution in [3.05, 3.63) is 36.4 Å². The molecule has 0 heterocycles. The van der Waals surface area contributed by atoms with Crippen LogP contribution in [0.2, 0.25) is 0 Å². The van der Waals surface area contributed by atoms with Crippen LogP contribution in [0.15, 0.2) is 36.4 Å². The molecule has 0 unspecified atom stereocenters. The minimum atomic E-state index is -0.985. The van der Waals surface area contributed by atoms with E-state index in [9.17, 15) is 10.1 Å². The first-order valence-electron chi connectivity index (χ1n) is 7.88. The van der Waals surface area contributed by atoms with E-state index in [4.69, 9.17) is 9.47 Å². The third-order valence-corrected chi connectivity index (χ3v) is 4.54. The molecule has 3 rings (SSSR count). The molecule has 1 fully saturated rings. The van der Waals surface area contributed by atoms with Gasteiger partial charge in [-0.25, -0.2) is 4.79 Å². The Bertz CT molecular complexity index is 770. The molecule has 2 aromatic carbocycles. The van der Waals surface area contributed by atoms with Crippen molar-refractivity contribution in [2.75, 3.05) is 7.11 Å². The average molecular weight is 309 g/mol. The third kappa shape index (κ3) is 3.00. The Hall–Kier alpha value is -2.54. The number of esters is 1. The summed E-state index contributed by atoms with van der Waals surface area (Å²) in [5, 5.41) is 11.4. The summed E-state index contributed by atoms with van der Waals surface area (Å²) in [6.45, 7) is 0. The van der Waals surface area contributed by atoms with Crippen LogP contribution in [0, 0.1) is 16.7 Å². The molecule has 0 radical (unpaired) electrons. The predicted octanol–water partition coefficient (Wildman–Crippen LogP) is 4.23. The summed E-state index contributed by atoms with van der Waals surface area (Å²) in [4.78, 5) is 12.5. The van der Waals surface area contributed by atoms with Gasteiger partial charge >= 0.3 is 5.97 Å². The Labute approximate surface area is 135 Å². The van der Waals surface area contributed by atoms with Gasteiger partial charge in [0.2, 0.25) is 0 Å². The van der Waals surface area contributed by atoms with Crippen molar-refractivity contribution >= 4 is 16.7 Å². The molecule has 23 heavy (non-hydrogen) atoms. The summed E-state index contributed by atoms with van der Waals surface area (Å²) in [7, 11) is 1.62. The van der Waals surface area contributed by atoms with E-state index in [2.05, 4.69) is 6.07 Å². The zero-order valence-electron chi connectivity index (χ0n) is 13.2. The number of fused-ring (bicyclic) bond motifs is 1. The molecular formula is C19H19NO3. The second-order valence-electron chi connectivity index (χ2n) is 6.02. The molecule has 1 aliphatic carbocycles. The largest absolute Gasteiger partial charge is 0.497 e. The van der Waals surface area contributed by atoms with Gasteiger partial charge in [0.1, 0.15) is 11.5 Å². The lowest BCUT2D eigenvalue weighted by molar-refractivity contribution is -0.144. The molecule has 0 amide bonds. The molecule has 0 spiro atoms. The first-order chi connectivity index (χ1) is 11.2. The van der Waals surface area contributed by atoms with Gasteiger partial charge in [-0.2, -0.15) is 5.26 Å². The zero-order valence-corrected chi connectivity index (χ0v) is 13.2. The highest BCUT2D eigenvalue weighted by molar-refractivity contribution is 5.87. The van der Waals surface area contributed by atoms with Crippen molar-refractivity contribution in [3.8, 4) is 17.6 Å². The fourth-order valence-electron chi connectivity index (χ4n) is 3.11. The van der Waals surface area contributed by atoms with E-state index in [-0.39, 0.29) is 0 Å². The maximum absolute atomic E-state index is 12.5.